The number of carbonyl (C=O) groups excluding carboxylic acids is 1. The van der Waals surface area contributed by atoms with Crippen LogP contribution < -0.4 is 5.32 Å². The Morgan fingerprint density at radius 1 is 1.42 bits per heavy atom. The minimum Gasteiger partial charge on any atom is -0.341 e. The predicted octanol–water partition coefficient (Wildman–Crippen LogP) is 0.953. The molecule has 1 atom stereocenters. The van der Waals surface area contributed by atoms with E-state index in [9.17, 15) is 4.79 Å². The number of hydrogen-bond acceptors (Lipinski definition) is 3. The van der Waals surface area contributed by atoms with Crippen molar-refractivity contribution in [1.82, 2.24) is 20.0 Å². The van der Waals surface area contributed by atoms with Gasteiger partial charge in [0, 0.05) is 32.9 Å². The van der Waals surface area contributed by atoms with E-state index in [0.29, 0.717) is 0 Å². The van der Waals surface area contributed by atoms with Gasteiger partial charge in [-0.2, -0.15) is 5.10 Å². The van der Waals surface area contributed by atoms with Gasteiger partial charge >= 0.3 is 0 Å². The van der Waals surface area contributed by atoms with Crippen molar-refractivity contribution in [3.8, 4) is 0 Å². The fraction of sp³-hybridized carbons (Fsp3) is 0.714. The minimum absolute atomic E-state index is 0.0882. The molecule has 0 bridgehead atoms. The van der Waals surface area contributed by atoms with Gasteiger partial charge in [0.25, 0.3) is 0 Å². The number of rotatable bonds is 5. The fourth-order valence-electron chi connectivity index (χ4n) is 2.51. The SMILES string of the molecule is CC(NCCc1cnn(C)c1)C(=O)N1CCCCC1. The van der Waals surface area contributed by atoms with Crippen molar-refractivity contribution >= 4 is 5.91 Å². The highest BCUT2D eigenvalue weighted by Crippen LogP contribution is 2.09. The summed E-state index contributed by atoms with van der Waals surface area (Å²) in [5.41, 5.74) is 1.20. The third kappa shape index (κ3) is 4.06. The highest BCUT2D eigenvalue weighted by molar-refractivity contribution is 5.81. The molecule has 0 spiro atoms. The predicted molar refractivity (Wildman–Crippen MR) is 74.8 cm³/mol. The first-order valence-electron chi connectivity index (χ1n) is 7.16. The van der Waals surface area contributed by atoms with Crippen LogP contribution in [0.1, 0.15) is 31.7 Å². The Hall–Kier alpha value is -1.36. The lowest BCUT2D eigenvalue weighted by atomic mass is 10.1. The van der Waals surface area contributed by atoms with Gasteiger partial charge in [0.05, 0.1) is 12.2 Å². The lowest BCUT2D eigenvalue weighted by Gasteiger charge is -2.29. The third-order valence-electron chi connectivity index (χ3n) is 3.66. The largest absolute Gasteiger partial charge is 0.341 e. The van der Waals surface area contributed by atoms with E-state index in [1.54, 1.807) is 4.68 Å². The summed E-state index contributed by atoms with van der Waals surface area (Å²) in [5, 5.41) is 7.45. The van der Waals surface area contributed by atoms with Gasteiger partial charge in [0.15, 0.2) is 0 Å². The number of nitrogens with one attached hydrogen (secondary N) is 1. The smallest absolute Gasteiger partial charge is 0.239 e. The Labute approximate surface area is 115 Å². The first kappa shape index (κ1) is 14.1. The molecule has 19 heavy (non-hydrogen) atoms. The number of carbonyl (C=O) groups is 1. The van der Waals surface area contributed by atoms with Crippen molar-refractivity contribution in [3.63, 3.8) is 0 Å². The van der Waals surface area contributed by atoms with E-state index < -0.39 is 0 Å². The molecule has 1 amide bonds. The van der Waals surface area contributed by atoms with Crippen molar-refractivity contribution in [1.29, 1.82) is 0 Å². The monoisotopic (exact) mass is 264 g/mol. The molecule has 5 nitrogen and oxygen atoms in total. The summed E-state index contributed by atoms with van der Waals surface area (Å²) in [5.74, 6) is 0.242. The molecule has 1 aromatic heterocycles. The molecule has 0 aromatic carbocycles. The summed E-state index contributed by atoms with van der Waals surface area (Å²) >= 11 is 0. The van der Waals surface area contributed by atoms with E-state index in [4.69, 9.17) is 0 Å². The van der Waals surface area contributed by atoms with Gasteiger partial charge in [-0.1, -0.05) is 0 Å². The van der Waals surface area contributed by atoms with Crippen LogP contribution in [0.3, 0.4) is 0 Å². The first-order valence-corrected chi connectivity index (χ1v) is 7.16. The lowest BCUT2D eigenvalue weighted by Crippen LogP contribution is -2.47. The van der Waals surface area contributed by atoms with Crippen LogP contribution in [-0.4, -0.2) is 46.3 Å². The summed E-state index contributed by atoms with van der Waals surface area (Å²) < 4.78 is 1.80. The van der Waals surface area contributed by atoms with Gasteiger partial charge in [-0.15, -0.1) is 0 Å². The minimum atomic E-state index is -0.0882. The zero-order valence-corrected chi connectivity index (χ0v) is 11.9. The van der Waals surface area contributed by atoms with Crippen LogP contribution >= 0.6 is 0 Å². The van der Waals surface area contributed by atoms with E-state index in [2.05, 4.69) is 10.4 Å². The molecule has 1 aliphatic heterocycles. The van der Waals surface area contributed by atoms with Crippen LogP contribution in [0.15, 0.2) is 12.4 Å². The van der Waals surface area contributed by atoms with Crippen molar-refractivity contribution < 1.29 is 4.79 Å². The molecule has 1 fully saturated rings. The third-order valence-corrected chi connectivity index (χ3v) is 3.66. The zero-order valence-electron chi connectivity index (χ0n) is 11.9. The number of nitrogens with zero attached hydrogens (tertiary/aromatic N) is 3. The number of likely N-dealkylation sites (tertiary alicyclic amines) is 1. The summed E-state index contributed by atoms with van der Waals surface area (Å²) in [6.45, 7) is 4.62. The molecule has 1 aliphatic rings. The van der Waals surface area contributed by atoms with Crippen LogP contribution in [0.4, 0.5) is 0 Å². The molecule has 1 saturated heterocycles. The van der Waals surface area contributed by atoms with E-state index in [0.717, 1.165) is 38.9 Å². The van der Waals surface area contributed by atoms with Crippen LogP contribution in [0.25, 0.3) is 0 Å². The summed E-state index contributed by atoms with van der Waals surface area (Å²) in [4.78, 5) is 14.2. The Kier molecular flexibility index (Phi) is 4.96. The summed E-state index contributed by atoms with van der Waals surface area (Å²) in [6, 6.07) is -0.0882. The van der Waals surface area contributed by atoms with Crippen molar-refractivity contribution in [2.75, 3.05) is 19.6 Å². The maximum absolute atomic E-state index is 12.2. The van der Waals surface area contributed by atoms with E-state index >= 15 is 0 Å². The molecule has 2 heterocycles. The normalized spacial score (nSPS) is 17.5. The van der Waals surface area contributed by atoms with Crippen LogP contribution in [0.5, 0.6) is 0 Å². The Bertz CT molecular complexity index is 409. The van der Waals surface area contributed by atoms with Crippen LogP contribution in [0, 0.1) is 0 Å². The summed E-state index contributed by atoms with van der Waals surface area (Å²) in [7, 11) is 1.92. The molecule has 106 valence electrons. The highest BCUT2D eigenvalue weighted by atomic mass is 16.2. The van der Waals surface area contributed by atoms with Crippen molar-refractivity contribution in [2.45, 2.75) is 38.6 Å². The van der Waals surface area contributed by atoms with Crippen LogP contribution in [0.2, 0.25) is 0 Å². The molecule has 5 heteroatoms. The summed E-state index contributed by atoms with van der Waals surface area (Å²) in [6.07, 6.45) is 8.35. The van der Waals surface area contributed by atoms with E-state index in [1.165, 1.54) is 12.0 Å². The molecule has 0 aliphatic carbocycles. The molecule has 1 unspecified atom stereocenters. The maximum Gasteiger partial charge on any atom is 0.239 e. The molecule has 1 N–H and O–H groups in total. The standard InChI is InChI=1S/C14H24N4O/c1-12(14(19)18-8-4-3-5-9-18)15-7-6-13-10-16-17(2)11-13/h10-12,15H,3-9H2,1-2H3. The van der Waals surface area contributed by atoms with E-state index in [1.807, 2.05) is 31.3 Å². The van der Waals surface area contributed by atoms with Gasteiger partial charge in [-0.25, -0.2) is 0 Å². The number of aryl methyl sites for hydroxylation is 1. The highest BCUT2D eigenvalue weighted by Gasteiger charge is 2.21. The number of hydrogen-bond donors (Lipinski definition) is 1. The number of piperidine rings is 1. The molecule has 0 radical (unpaired) electrons. The van der Waals surface area contributed by atoms with Crippen molar-refractivity contribution in [3.05, 3.63) is 18.0 Å². The first-order chi connectivity index (χ1) is 9.16. The average molecular weight is 264 g/mol. The Morgan fingerprint density at radius 2 is 2.16 bits per heavy atom. The maximum atomic E-state index is 12.2. The second-order valence-corrected chi connectivity index (χ2v) is 5.33. The van der Waals surface area contributed by atoms with Gasteiger partial charge in [0.2, 0.25) is 5.91 Å². The number of aromatic nitrogens is 2. The second-order valence-electron chi connectivity index (χ2n) is 5.33. The number of amides is 1. The zero-order chi connectivity index (χ0) is 13.7. The van der Waals surface area contributed by atoms with Crippen LogP contribution in [-0.2, 0) is 18.3 Å². The fourth-order valence-corrected chi connectivity index (χ4v) is 2.51. The molecule has 0 saturated carbocycles. The average Bonchev–Trinajstić information content (AvgIpc) is 2.84. The van der Waals surface area contributed by atoms with E-state index in [-0.39, 0.29) is 11.9 Å². The Balaban J connectivity index is 1.71. The second kappa shape index (κ2) is 6.70. The van der Waals surface area contributed by atoms with Gasteiger partial charge < -0.3 is 10.2 Å². The molecule has 1 aromatic rings. The van der Waals surface area contributed by atoms with Gasteiger partial charge in [-0.05, 0) is 38.2 Å². The Morgan fingerprint density at radius 3 is 2.79 bits per heavy atom. The molecular weight excluding hydrogens is 240 g/mol. The molecule has 2 rings (SSSR count). The topological polar surface area (TPSA) is 50.2 Å². The van der Waals surface area contributed by atoms with Crippen molar-refractivity contribution in [2.24, 2.45) is 7.05 Å². The lowest BCUT2D eigenvalue weighted by molar-refractivity contribution is -0.133. The van der Waals surface area contributed by atoms with Gasteiger partial charge in [-0.3, -0.25) is 9.48 Å². The quantitative estimate of drug-likeness (QED) is 0.861. The van der Waals surface area contributed by atoms with Gasteiger partial charge in [0.1, 0.15) is 0 Å². The molecular formula is C14H24N4O.